The fraction of sp³-hybridized carbons (Fsp3) is 0.556. The quantitative estimate of drug-likeness (QED) is 0.819. The van der Waals surface area contributed by atoms with Gasteiger partial charge < -0.3 is 5.11 Å². The van der Waals surface area contributed by atoms with E-state index in [2.05, 4.69) is 5.10 Å². The summed E-state index contributed by atoms with van der Waals surface area (Å²) in [5, 5.41) is 15.1. The number of hydrazone groups is 1. The van der Waals surface area contributed by atoms with Crippen molar-refractivity contribution in [1.29, 1.82) is 0 Å². The molecular formula is C18H20ClF3N2O2. The Kier molecular flexibility index (Phi) is 5.30. The summed E-state index contributed by atoms with van der Waals surface area (Å²) < 4.78 is 39.8. The van der Waals surface area contributed by atoms with Crippen molar-refractivity contribution in [3.8, 4) is 0 Å². The van der Waals surface area contributed by atoms with Crippen LogP contribution < -0.4 is 0 Å². The molecule has 0 bridgehead atoms. The molecule has 1 aromatic rings. The summed E-state index contributed by atoms with van der Waals surface area (Å²) in [7, 11) is 0. The first-order chi connectivity index (χ1) is 12.2. The lowest BCUT2D eigenvalue weighted by Crippen LogP contribution is -2.51. The van der Waals surface area contributed by atoms with E-state index in [1.807, 2.05) is 0 Å². The van der Waals surface area contributed by atoms with Crippen molar-refractivity contribution in [2.45, 2.75) is 57.3 Å². The second-order valence-corrected chi connectivity index (χ2v) is 7.31. The van der Waals surface area contributed by atoms with Gasteiger partial charge in [-0.05, 0) is 43.9 Å². The third-order valence-corrected chi connectivity index (χ3v) is 5.34. The number of hydrogen-bond donors (Lipinski definition) is 1. The maximum absolute atomic E-state index is 13.3. The summed E-state index contributed by atoms with van der Waals surface area (Å²) in [5.41, 5.74) is 1.47. The Hall–Kier alpha value is -1.60. The standard InChI is InChI=1S/C18H20ClF3N2O2/c1-10-7-8-11(13(19)9-10)17(26)24-15(16(25)18(20,21)22)12-5-3-2-4-6-14(12)23-24/h7-9,12,15-16,25H,2-6H2,1H3/t12-,15-,16+/m0/s1. The van der Waals surface area contributed by atoms with Gasteiger partial charge in [-0.1, -0.05) is 30.5 Å². The number of rotatable bonds is 2. The SMILES string of the molecule is Cc1ccc(C(=O)N2N=C3CCCCC[C@@H]3[C@H]2[C@@H](O)C(F)(F)F)c(Cl)c1. The molecule has 1 saturated carbocycles. The Morgan fingerprint density at radius 1 is 1.35 bits per heavy atom. The van der Waals surface area contributed by atoms with Crippen LogP contribution in [0.3, 0.4) is 0 Å². The van der Waals surface area contributed by atoms with E-state index in [4.69, 9.17) is 11.6 Å². The molecule has 1 aliphatic heterocycles. The van der Waals surface area contributed by atoms with Crippen LogP contribution in [0.25, 0.3) is 0 Å². The molecule has 1 fully saturated rings. The number of alkyl halides is 3. The molecule has 1 aliphatic carbocycles. The van der Waals surface area contributed by atoms with E-state index in [0.29, 0.717) is 18.6 Å². The molecule has 1 aromatic carbocycles. The van der Waals surface area contributed by atoms with Crippen LogP contribution >= 0.6 is 11.6 Å². The minimum atomic E-state index is -4.84. The average molecular weight is 389 g/mol. The zero-order valence-corrected chi connectivity index (χ0v) is 15.0. The molecule has 0 unspecified atom stereocenters. The first-order valence-corrected chi connectivity index (χ1v) is 9.00. The normalized spacial score (nSPS) is 24.7. The molecule has 2 aliphatic rings. The Balaban J connectivity index is 2.00. The summed E-state index contributed by atoms with van der Waals surface area (Å²) >= 11 is 6.12. The van der Waals surface area contributed by atoms with E-state index in [-0.39, 0.29) is 10.6 Å². The van der Waals surface area contributed by atoms with Crippen molar-refractivity contribution in [3.05, 3.63) is 34.3 Å². The molecule has 3 atom stereocenters. The molecular weight excluding hydrogens is 369 g/mol. The first kappa shape index (κ1) is 19.2. The summed E-state index contributed by atoms with van der Waals surface area (Å²) in [6.45, 7) is 1.80. The van der Waals surface area contributed by atoms with Crippen molar-refractivity contribution >= 4 is 23.2 Å². The zero-order valence-electron chi connectivity index (χ0n) is 14.3. The van der Waals surface area contributed by atoms with Gasteiger partial charge in [0.05, 0.1) is 16.6 Å². The highest BCUT2D eigenvalue weighted by atomic mass is 35.5. The van der Waals surface area contributed by atoms with Gasteiger partial charge in [0.25, 0.3) is 5.91 Å². The fourth-order valence-electron chi connectivity index (χ4n) is 3.71. The van der Waals surface area contributed by atoms with Gasteiger partial charge in [-0.3, -0.25) is 4.79 Å². The molecule has 1 N–H and O–H groups in total. The number of hydrogen-bond acceptors (Lipinski definition) is 3. The van der Waals surface area contributed by atoms with Gasteiger partial charge in [0.2, 0.25) is 0 Å². The van der Waals surface area contributed by atoms with Crippen molar-refractivity contribution in [3.63, 3.8) is 0 Å². The molecule has 8 heteroatoms. The molecule has 0 radical (unpaired) electrons. The van der Waals surface area contributed by atoms with Crippen LogP contribution in [0.1, 0.15) is 48.0 Å². The van der Waals surface area contributed by atoms with E-state index in [0.717, 1.165) is 29.8 Å². The molecule has 0 aromatic heterocycles. The maximum atomic E-state index is 13.3. The highest BCUT2D eigenvalue weighted by molar-refractivity contribution is 6.34. The van der Waals surface area contributed by atoms with Crippen molar-refractivity contribution in [1.82, 2.24) is 5.01 Å². The number of aliphatic hydroxyl groups is 1. The Morgan fingerprint density at radius 2 is 2.08 bits per heavy atom. The number of carbonyl (C=O) groups excluding carboxylic acids is 1. The highest BCUT2D eigenvalue weighted by Crippen LogP contribution is 2.39. The maximum Gasteiger partial charge on any atom is 0.416 e. The molecule has 1 amide bonds. The molecule has 4 nitrogen and oxygen atoms in total. The molecule has 26 heavy (non-hydrogen) atoms. The largest absolute Gasteiger partial charge is 0.416 e. The van der Waals surface area contributed by atoms with Crippen LogP contribution in [0.4, 0.5) is 13.2 Å². The zero-order chi connectivity index (χ0) is 19.1. The molecule has 0 spiro atoms. The van der Waals surface area contributed by atoms with Gasteiger partial charge in [0.1, 0.15) is 0 Å². The van der Waals surface area contributed by atoms with E-state index in [1.165, 1.54) is 6.07 Å². The average Bonchev–Trinajstić information content (AvgIpc) is 2.75. The van der Waals surface area contributed by atoms with Gasteiger partial charge in [-0.2, -0.15) is 18.3 Å². The lowest BCUT2D eigenvalue weighted by molar-refractivity contribution is -0.220. The smallest absolute Gasteiger partial charge is 0.382 e. The van der Waals surface area contributed by atoms with Gasteiger partial charge in [0, 0.05) is 11.6 Å². The number of halogens is 4. The number of aliphatic hydroxyl groups excluding tert-OH is 1. The lowest BCUT2D eigenvalue weighted by Gasteiger charge is -2.31. The third-order valence-electron chi connectivity index (χ3n) is 5.03. The Bertz CT molecular complexity index is 736. The van der Waals surface area contributed by atoms with Gasteiger partial charge >= 0.3 is 6.18 Å². The molecule has 0 saturated heterocycles. The number of amides is 1. The van der Waals surface area contributed by atoms with Crippen LogP contribution in [-0.2, 0) is 0 Å². The Labute approximate surface area is 154 Å². The number of fused-ring (bicyclic) bond motifs is 1. The minimum Gasteiger partial charge on any atom is -0.382 e. The summed E-state index contributed by atoms with van der Waals surface area (Å²) in [5.74, 6) is -1.30. The van der Waals surface area contributed by atoms with Gasteiger partial charge in [-0.25, -0.2) is 5.01 Å². The second-order valence-electron chi connectivity index (χ2n) is 6.91. The number of aryl methyl sites for hydroxylation is 1. The number of benzene rings is 1. The third kappa shape index (κ3) is 3.60. The molecule has 1 heterocycles. The predicted octanol–water partition coefficient (Wildman–Crippen LogP) is 4.33. The van der Waals surface area contributed by atoms with Crippen molar-refractivity contribution in [2.24, 2.45) is 11.0 Å². The van der Waals surface area contributed by atoms with Crippen LogP contribution in [0.15, 0.2) is 23.3 Å². The topological polar surface area (TPSA) is 52.9 Å². The minimum absolute atomic E-state index is 0.0810. The summed E-state index contributed by atoms with van der Waals surface area (Å²) in [6.07, 6.45) is -4.01. The van der Waals surface area contributed by atoms with Gasteiger partial charge in [-0.15, -0.1) is 0 Å². The monoisotopic (exact) mass is 388 g/mol. The summed E-state index contributed by atoms with van der Waals surface area (Å²) in [6, 6.07) is 3.26. The Morgan fingerprint density at radius 3 is 2.73 bits per heavy atom. The van der Waals surface area contributed by atoms with Crippen LogP contribution in [0, 0.1) is 12.8 Å². The van der Waals surface area contributed by atoms with Crippen LogP contribution in [0.5, 0.6) is 0 Å². The van der Waals surface area contributed by atoms with E-state index in [9.17, 15) is 23.1 Å². The fourth-order valence-corrected chi connectivity index (χ4v) is 4.03. The van der Waals surface area contributed by atoms with Crippen molar-refractivity contribution in [2.75, 3.05) is 0 Å². The second kappa shape index (κ2) is 7.19. The lowest BCUT2D eigenvalue weighted by atomic mass is 9.87. The molecule has 142 valence electrons. The molecule has 3 rings (SSSR count). The number of carbonyl (C=O) groups is 1. The predicted molar refractivity (Wildman–Crippen MR) is 92.2 cm³/mol. The van der Waals surface area contributed by atoms with Crippen LogP contribution in [0.2, 0.25) is 5.02 Å². The van der Waals surface area contributed by atoms with Crippen LogP contribution in [-0.4, -0.2) is 40.1 Å². The highest BCUT2D eigenvalue weighted by Gasteiger charge is 2.53. The van der Waals surface area contributed by atoms with Gasteiger partial charge in [0.15, 0.2) is 6.10 Å². The first-order valence-electron chi connectivity index (χ1n) is 8.62. The van der Waals surface area contributed by atoms with E-state index >= 15 is 0 Å². The summed E-state index contributed by atoms with van der Waals surface area (Å²) in [4.78, 5) is 12.9. The van der Waals surface area contributed by atoms with E-state index < -0.39 is 30.1 Å². The van der Waals surface area contributed by atoms with Crippen molar-refractivity contribution < 1.29 is 23.1 Å². The number of nitrogens with zero attached hydrogens (tertiary/aromatic N) is 2. The van der Waals surface area contributed by atoms with E-state index in [1.54, 1.807) is 19.1 Å².